The Morgan fingerprint density at radius 1 is 1.04 bits per heavy atom. The van der Waals surface area contributed by atoms with Crippen LogP contribution in [-0.2, 0) is 16.1 Å². The van der Waals surface area contributed by atoms with Gasteiger partial charge < -0.3 is 23.9 Å². The first-order valence-electron chi connectivity index (χ1n) is 13.4. The second-order valence-corrected chi connectivity index (χ2v) is 10.8. The van der Waals surface area contributed by atoms with Crippen molar-refractivity contribution >= 4 is 58.3 Å². The van der Waals surface area contributed by atoms with Crippen molar-refractivity contribution in [2.24, 2.45) is 10.2 Å². The van der Waals surface area contributed by atoms with E-state index in [0.29, 0.717) is 54.9 Å². The summed E-state index contributed by atoms with van der Waals surface area (Å²) in [4.78, 5) is 27.8. The lowest BCUT2D eigenvalue weighted by Gasteiger charge is -2.13. The van der Waals surface area contributed by atoms with Crippen molar-refractivity contribution in [1.29, 1.82) is 0 Å². The minimum absolute atomic E-state index is 0.128. The number of rotatable bonds is 11. The van der Waals surface area contributed by atoms with Crippen LogP contribution in [0.25, 0.3) is 6.08 Å². The van der Waals surface area contributed by atoms with Crippen molar-refractivity contribution in [3.05, 3.63) is 112 Å². The maximum absolute atomic E-state index is 13.6. The predicted molar refractivity (Wildman–Crippen MR) is 171 cm³/mol. The number of methoxy groups -OCH3 is 2. The predicted octanol–water partition coefficient (Wildman–Crippen LogP) is 6.61. The third-order valence-corrected chi connectivity index (χ3v) is 7.52. The van der Waals surface area contributed by atoms with Crippen LogP contribution in [0.2, 0.25) is 5.02 Å². The molecule has 45 heavy (non-hydrogen) atoms. The number of hydrogen-bond donors (Lipinski definition) is 1. The maximum Gasteiger partial charge on any atom is 0.267 e. The average molecular weight is 649 g/mol. The van der Waals surface area contributed by atoms with Gasteiger partial charge >= 0.3 is 0 Å². The number of amides is 2. The zero-order valence-corrected chi connectivity index (χ0v) is 25.6. The summed E-state index contributed by atoms with van der Waals surface area (Å²) >= 11 is 7.39. The molecule has 13 heteroatoms. The number of ether oxygens (including phenoxy) is 3. The first kappa shape index (κ1) is 31.4. The summed E-state index contributed by atoms with van der Waals surface area (Å²) in [6.45, 7) is -0.207. The molecule has 0 saturated carbocycles. The van der Waals surface area contributed by atoms with Gasteiger partial charge in [0.25, 0.3) is 11.8 Å². The molecular formula is C32H26ClFN4O6S. The topological polar surface area (TPSA) is 115 Å². The number of nitrogens with one attached hydrogen (secondary N) is 1. The molecule has 2 heterocycles. The number of hydrogen-bond acceptors (Lipinski definition) is 9. The van der Waals surface area contributed by atoms with Gasteiger partial charge in [0.15, 0.2) is 23.3 Å². The molecule has 0 spiro atoms. The van der Waals surface area contributed by atoms with Gasteiger partial charge in [-0.1, -0.05) is 11.6 Å². The number of nitrogens with zero attached hydrogens (tertiary/aromatic N) is 3. The van der Waals surface area contributed by atoms with Crippen molar-refractivity contribution in [1.82, 2.24) is 4.90 Å². The summed E-state index contributed by atoms with van der Waals surface area (Å²) in [7, 11) is 3.09. The fourth-order valence-corrected chi connectivity index (χ4v) is 5.24. The third kappa shape index (κ3) is 8.11. The number of carbonyl (C=O) groups excluding carboxylic acids is 2. The largest absolute Gasteiger partial charge is 0.493 e. The van der Waals surface area contributed by atoms with Crippen LogP contribution >= 0.6 is 23.4 Å². The fraction of sp³-hybridized carbons (Fsp3) is 0.125. The lowest BCUT2D eigenvalue weighted by molar-refractivity contribution is -0.122. The van der Waals surface area contributed by atoms with Gasteiger partial charge in [0.1, 0.15) is 17.3 Å². The van der Waals surface area contributed by atoms with Gasteiger partial charge in [0, 0.05) is 16.3 Å². The Morgan fingerprint density at radius 3 is 2.56 bits per heavy atom. The Hall–Kier alpha value is -5.07. The van der Waals surface area contributed by atoms with Gasteiger partial charge in [0.05, 0.1) is 38.1 Å². The second-order valence-electron chi connectivity index (χ2n) is 9.35. The Bertz CT molecular complexity index is 1780. The van der Waals surface area contributed by atoms with E-state index in [1.165, 1.54) is 41.6 Å². The highest BCUT2D eigenvalue weighted by atomic mass is 35.5. The van der Waals surface area contributed by atoms with Crippen molar-refractivity contribution in [2.45, 2.75) is 6.54 Å². The van der Waals surface area contributed by atoms with Crippen molar-refractivity contribution < 1.29 is 32.6 Å². The second kappa shape index (κ2) is 14.6. The monoisotopic (exact) mass is 648 g/mol. The molecule has 3 aromatic carbocycles. The molecule has 1 aromatic heterocycles. The smallest absolute Gasteiger partial charge is 0.267 e. The van der Waals surface area contributed by atoms with E-state index in [2.05, 4.69) is 15.5 Å². The summed E-state index contributed by atoms with van der Waals surface area (Å²) in [5, 5.41) is 11.9. The zero-order chi connectivity index (χ0) is 31.8. The fourth-order valence-electron chi connectivity index (χ4n) is 4.14. The number of amidine groups is 1. The van der Waals surface area contributed by atoms with Gasteiger partial charge in [-0.05, 0) is 96.2 Å². The molecule has 2 amide bonds. The molecule has 5 rings (SSSR count). The Labute approximate surface area is 267 Å². The first-order chi connectivity index (χ1) is 21.8. The lowest BCUT2D eigenvalue weighted by atomic mass is 10.2. The van der Waals surface area contributed by atoms with Crippen LogP contribution in [0.15, 0.2) is 98.6 Å². The van der Waals surface area contributed by atoms with E-state index in [0.717, 1.165) is 11.8 Å². The summed E-state index contributed by atoms with van der Waals surface area (Å²) in [5.41, 5.74) is 1.61. The van der Waals surface area contributed by atoms with Crippen molar-refractivity contribution in [2.75, 3.05) is 26.1 Å². The molecule has 10 nitrogen and oxygen atoms in total. The van der Waals surface area contributed by atoms with E-state index < -0.39 is 11.7 Å². The van der Waals surface area contributed by atoms with Crippen LogP contribution in [0.3, 0.4) is 0 Å². The summed E-state index contributed by atoms with van der Waals surface area (Å²) < 4.78 is 35.0. The van der Waals surface area contributed by atoms with Crippen LogP contribution in [-0.4, -0.2) is 48.9 Å². The van der Waals surface area contributed by atoms with E-state index in [9.17, 15) is 14.0 Å². The minimum Gasteiger partial charge on any atom is -0.493 e. The molecule has 1 aliphatic rings. The molecule has 0 atom stereocenters. The molecule has 1 N–H and O–H groups in total. The van der Waals surface area contributed by atoms with Crippen molar-refractivity contribution in [3.8, 4) is 17.2 Å². The van der Waals surface area contributed by atoms with Crippen LogP contribution in [0, 0.1) is 5.82 Å². The Morgan fingerprint density at radius 2 is 1.82 bits per heavy atom. The van der Waals surface area contributed by atoms with Crippen LogP contribution in [0.4, 0.5) is 10.1 Å². The van der Waals surface area contributed by atoms with Gasteiger partial charge in [-0.15, -0.1) is 5.10 Å². The van der Waals surface area contributed by atoms with Crippen LogP contribution in [0.1, 0.15) is 16.9 Å². The van der Waals surface area contributed by atoms with E-state index in [-0.39, 0.29) is 19.1 Å². The highest BCUT2D eigenvalue weighted by Crippen LogP contribution is 2.36. The summed E-state index contributed by atoms with van der Waals surface area (Å²) in [5.74, 6) is 0.795. The minimum atomic E-state index is -0.451. The Kier molecular flexibility index (Phi) is 10.2. The van der Waals surface area contributed by atoms with Gasteiger partial charge in [0.2, 0.25) is 0 Å². The molecule has 1 saturated heterocycles. The Balaban J connectivity index is 1.37. The molecule has 0 radical (unpaired) electrons. The number of carbonyl (C=O) groups is 2. The third-order valence-electron chi connectivity index (χ3n) is 6.28. The molecule has 0 bridgehead atoms. The van der Waals surface area contributed by atoms with Gasteiger partial charge in [-0.2, -0.15) is 5.10 Å². The number of furan rings is 1. The molecule has 1 fully saturated rings. The molecule has 1 aliphatic heterocycles. The van der Waals surface area contributed by atoms with E-state index in [1.807, 2.05) is 0 Å². The van der Waals surface area contributed by atoms with Crippen molar-refractivity contribution in [3.63, 3.8) is 0 Å². The highest BCUT2D eigenvalue weighted by Gasteiger charge is 2.34. The molecule has 4 aromatic rings. The quantitative estimate of drug-likeness (QED) is 0.111. The number of benzene rings is 3. The van der Waals surface area contributed by atoms with E-state index in [1.54, 1.807) is 68.8 Å². The zero-order valence-electron chi connectivity index (χ0n) is 24.0. The highest BCUT2D eigenvalue weighted by molar-refractivity contribution is 8.18. The maximum atomic E-state index is 13.6. The van der Waals surface area contributed by atoms with E-state index in [4.69, 9.17) is 30.2 Å². The van der Waals surface area contributed by atoms with Crippen LogP contribution < -0.4 is 19.5 Å². The van der Waals surface area contributed by atoms with Crippen LogP contribution in [0.5, 0.6) is 17.2 Å². The number of anilines is 1. The molecule has 230 valence electrons. The van der Waals surface area contributed by atoms with E-state index >= 15 is 0 Å². The normalized spacial score (nSPS) is 14.8. The van der Waals surface area contributed by atoms with Gasteiger partial charge in [-0.25, -0.2) is 4.39 Å². The SMILES string of the molecule is COc1ccc(/C=N\N=C2\S/C(=C\c3cc(Cl)ccc3OCC(=O)Nc3ccc(F)cc3)C(=O)N2Cc2ccco2)cc1OC. The summed E-state index contributed by atoms with van der Waals surface area (Å²) in [6.07, 6.45) is 4.67. The average Bonchev–Trinajstić information content (AvgIpc) is 3.66. The lowest BCUT2D eigenvalue weighted by Crippen LogP contribution is -2.28. The first-order valence-corrected chi connectivity index (χ1v) is 14.6. The summed E-state index contributed by atoms with van der Waals surface area (Å²) in [6, 6.07) is 19.0. The number of halogens is 2. The molecule has 0 unspecified atom stereocenters. The molecular weight excluding hydrogens is 623 g/mol. The standard InChI is InChI=1S/C32H26ClFN4O6S/c1-41-27-11-5-20(14-28(27)42-2)17-35-37-32-38(18-25-4-3-13-43-25)31(40)29(45-32)16-21-15-22(33)6-12-26(21)44-19-30(39)36-24-9-7-23(34)8-10-24/h3-17H,18-19H2,1-2H3,(H,36,39)/b29-16-,35-17-,37-32+. The number of thioether (sulfide) groups is 1. The van der Waals surface area contributed by atoms with Gasteiger partial charge in [-0.3, -0.25) is 14.5 Å². The molecule has 0 aliphatic carbocycles.